The zero-order valence-corrected chi connectivity index (χ0v) is 18.9. The van der Waals surface area contributed by atoms with Crippen molar-refractivity contribution in [2.75, 3.05) is 32.6 Å². The van der Waals surface area contributed by atoms with E-state index in [2.05, 4.69) is 41.2 Å². The summed E-state index contributed by atoms with van der Waals surface area (Å²) in [6.45, 7) is 6.40. The molecule has 0 aliphatic rings. The first-order valence-electron chi connectivity index (χ1n) is 8.97. The Morgan fingerprint density at radius 2 is 1.89 bits per heavy atom. The summed E-state index contributed by atoms with van der Waals surface area (Å²) in [6.07, 6.45) is 0. The van der Waals surface area contributed by atoms with E-state index in [0.717, 1.165) is 23.5 Å². The molecule has 0 unspecified atom stereocenters. The van der Waals surface area contributed by atoms with Crippen molar-refractivity contribution in [2.24, 2.45) is 10.7 Å². The monoisotopic (exact) mass is 482 g/mol. The van der Waals surface area contributed by atoms with E-state index in [0.29, 0.717) is 25.0 Å². The SMILES string of the molecule is CC(C)c1cccc(NC(N)=NCc2cccc(OCCN(C)C)c2)c1.I. The van der Waals surface area contributed by atoms with Crippen molar-refractivity contribution in [1.82, 2.24) is 4.90 Å². The predicted molar refractivity (Wildman–Crippen MR) is 125 cm³/mol. The third-order valence-electron chi connectivity index (χ3n) is 3.96. The lowest BCUT2D eigenvalue weighted by molar-refractivity contribution is 0.261. The highest BCUT2D eigenvalue weighted by atomic mass is 127. The van der Waals surface area contributed by atoms with Gasteiger partial charge in [-0.05, 0) is 55.4 Å². The van der Waals surface area contributed by atoms with Gasteiger partial charge < -0.3 is 20.7 Å². The molecule has 2 aromatic carbocycles. The number of aliphatic imine (C=N–C) groups is 1. The number of anilines is 1. The molecule has 0 amide bonds. The number of rotatable bonds is 8. The summed E-state index contributed by atoms with van der Waals surface area (Å²) in [5.74, 6) is 1.74. The highest BCUT2D eigenvalue weighted by molar-refractivity contribution is 14.0. The highest BCUT2D eigenvalue weighted by Crippen LogP contribution is 2.18. The number of hydrogen-bond acceptors (Lipinski definition) is 3. The maximum Gasteiger partial charge on any atom is 0.193 e. The van der Waals surface area contributed by atoms with Crippen LogP contribution in [0.3, 0.4) is 0 Å². The zero-order valence-electron chi connectivity index (χ0n) is 16.6. The van der Waals surface area contributed by atoms with Gasteiger partial charge in [0, 0.05) is 12.2 Å². The Bertz CT molecular complexity index is 732. The fraction of sp³-hybridized carbons (Fsp3) is 0.381. The van der Waals surface area contributed by atoms with Crippen LogP contribution in [0.1, 0.15) is 30.9 Å². The summed E-state index contributed by atoms with van der Waals surface area (Å²) in [6, 6.07) is 16.2. The first-order valence-corrected chi connectivity index (χ1v) is 8.97. The first kappa shape index (κ1) is 23.2. The van der Waals surface area contributed by atoms with Crippen molar-refractivity contribution in [1.29, 1.82) is 0 Å². The Morgan fingerprint density at radius 3 is 2.59 bits per heavy atom. The molecule has 27 heavy (non-hydrogen) atoms. The van der Waals surface area contributed by atoms with Gasteiger partial charge in [-0.25, -0.2) is 4.99 Å². The van der Waals surface area contributed by atoms with Gasteiger partial charge in [0.15, 0.2) is 5.96 Å². The van der Waals surface area contributed by atoms with E-state index in [1.807, 2.05) is 50.5 Å². The average molecular weight is 482 g/mol. The third kappa shape index (κ3) is 8.62. The fourth-order valence-electron chi connectivity index (χ4n) is 2.42. The molecule has 0 aliphatic heterocycles. The molecule has 0 aromatic heterocycles. The van der Waals surface area contributed by atoms with Crippen LogP contribution in [0.5, 0.6) is 5.75 Å². The minimum Gasteiger partial charge on any atom is -0.492 e. The standard InChI is InChI=1S/C21H30N4O.HI/c1-16(2)18-8-6-9-19(14-18)24-21(22)23-15-17-7-5-10-20(13-17)26-12-11-25(3)4;/h5-10,13-14,16H,11-12,15H2,1-4H3,(H3,22,23,24);1H. The van der Waals surface area contributed by atoms with Crippen LogP contribution in [-0.4, -0.2) is 38.1 Å². The molecule has 0 bridgehead atoms. The third-order valence-corrected chi connectivity index (χ3v) is 3.96. The van der Waals surface area contributed by atoms with Crippen LogP contribution in [-0.2, 0) is 6.54 Å². The number of halogens is 1. The molecule has 5 nitrogen and oxygen atoms in total. The molecule has 2 aromatic rings. The van der Waals surface area contributed by atoms with E-state index in [1.165, 1.54) is 5.56 Å². The van der Waals surface area contributed by atoms with Crippen molar-refractivity contribution >= 4 is 35.6 Å². The Kier molecular flexibility index (Phi) is 10.2. The number of nitrogens with two attached hydrogens (primary N) is 1. The molecule has 0 spiro atoms. The van der Waals surface area contributed by atoms with Crippen LogP contribution in [0.2, 0.25) is 0 Å². The van der Waals surface area contributed by atoms with E-state index in [9.17, 15) is 0 Å². The topological polar surface area (TPSA) is 62.9 Å². The second-order valence-electron chi connectivity index (χ2n) is 6.91. The smallest absolute Gasteiger partial charge is 0.193 e. The second-order valence-corrected chi connectivity index (χ2v) is 6.91. The van der Waals surface area contributed by atoms with Crippen molar-refractivity contribution in [2.45, 2.75) is 26.3 Å². The summed E-state index contributed by atoms with van der Waals surface area (Å²) in [4.78, 5) is 6.53. The maximum absolute atomic E-state index is 6.03. The molecular formula is C21H31IN4O. The zero-order chi connectivity index (χ0) is 18.9. The Balaban J connectivity index is 0.00000364. The number of guanidine groups is 1. The van der Waals surface area contributed by atoms with Gasteiger partial charge in [-0.1, -0.05) is 38.1 Å². The van der Waals surface area contributed by atoms with Gasteiger partial charge in [0.05, 0.1) is 6.54 Å². The first-order chi connectivity index (χ1) is 12.4. The van der Waals surface area contributed by atoms with Gasteiger partial charge in [-0.3, -0.25) is 0 Å². The van der Waals surface area contributed by atoms with Crippen LogP contribution in [0.25, 0.3) is 0 Å². The lowest BCUT2D eigenvalue weighted by Crippen LogP contribution is -2.22. The van der Waals surface area contributed by atoms with E-state index in [4.69, 9.17) is 10.5 Å². The van der Waals surface area contributed by atoms with Gasteiger partial charge in [0.25, 0.3) is 0 Å². The van der Waals surface area contributed by atoms with E-state index >= 15 is 0 Å². The molecule has 3 N–H and O–H groups in total. The number of ether oxygens (including phenoxy) is 1. The van der Waals surface area contributed by atoms with E-state index in [1.54, 1.807) is 0 Å². The highest BCUT2D eigenvalue weighted by Gasteiger charge is 2.02. The molecule has 0 fully saturated rings. The lowest BCUT2D eigenvalue weighted by atomic mass is 10.0. The van der Waals surface area contributed by atoms with Crippen molar-refractivity contribution in [3.8, 4) is 5.75 Å². The van der Waals surface area contributed by atoms with Gasteiger partial charge in [-0.2, -0.15) is 0 Å². The minimum absolute atomic E-state index is 0. The summed E-state index contributed by atoms with van der Waals surface area (Å²) < 4.78 is 5.76. The summed E-state index contributed by atoms with van der Waals surface area (Å²) >= 11 is 0. The van der Waals surface area contributed by atoms with Gasteiger partial charge >= 0.3 is 0 Å². The molecule has 0 saturated carbocycles. The normalized spacial score (nSPS) is 11.4. The number of likely N-dealkylation sites (N-methyl/N-ethyl adjacent to an activating group) is 1. The fourth-order valence-corrected chi connectivity index (χ4v) is 2.42. The molecule has 2 rings (SSSR count). The summed E-state index contributed by atoms with van der Waals surface area (Å²) in [5.41, 5.74) is 9.32. The molecule has 148 valence electrons. The van der Waals surface area contributed by atoms with E-state index in [-0.39, 0.29) is 24.0 Å². The summed E-state index contributed by atoms with van der Waals surface area (Å²) in [7, 11) is 4.06. The molecule has 0 heterocycles. The van der Waals surface area contributed by atoms with Crippen LogP contribution in [0.4, 0.5) is 5.69 Å². The number of nitrogens with zero attached hydrogens (tertiary/aromatic N) is 2. The van der Waals surface area contributed by atoms with Gasteiger partial charge in [0.2, 0.25) is 0 Å². The average Bonchev–Trinajstić information content (AvgIpc) is 2.60. The Labute approximate surface area is 180 Å². The largest absolute Gasteiger partial charge is 0.492 e. The van der Waals surface area contributed by atoms with E-state index < -0.39 is 0 Å². The maximum atomic E-state index is 6.03. The van der Waals surface area contributed by atoms with Crippen LogP contribution in [0, 0.1) is 0 Å². The number of benzene rings is 2. The Hall–Kier alpha value is -1.80. The van der Waals surface area contributed by atoms with Crippen LogP contribution in [0.15, 0.2) is 53.5 Å². The number of nitrogens with one attached hydrogen (secondary N) is 1. The minimum atomic E-state index is 0. The van der Waals surface area contributed by atoms with Crippen LogP contribution >= 0.6 is 24.0 Å². The van der Waals surface area contributed by atoms with Crippen LogP contribution < -0.4 is 15.8 Å². The van der Waals surface area contributed by atoms with Crippen molar-refractivity contribution in [3.05, 3.63) is 59.7 Å². The van der Waals surface area contributed by atoms with Gasteiger partial charge in [-0.15, -0.1) is 24.0 Å². The quantitative estimate of drug-likeness (QED) is 0.335. The molecule has 0 aliphatic carbocycles. The lowest BCUT2D eigenvalue weighted by Gasteiger charge is -2.12. The second kappa shape index (κ2) is 11.8. The molecule has 6 heteroatoms. The van der Waals surface area contributed by atoms with Crippen molar-refractivity contribution < 1.29 is 4.74 Å². The molecule has 0 atom stereocenters. The van der Waals surface area contributed by atoms with Crippen molar-refractivity contribution in [3.63, 3.8) is 0 Å². The Morgan fingerprint density at radius 1 is 1.15 bits per heavy atom. The number of hydrogen-bond donors (Lipinski definition) is 2. The predicted octanol–water partition coefficient (Wildman–Crippen LogP) is 4.30. The molecule has 0 saturated heterocycles. The molecular weight excluding hydrogens is 451 g/mol. The molecule has 0 radical (unpaired) electrons. The summed E-state index contributed by atoms with van der Waals surface area (Å²) in [5, 5.41) is 3.16. The van der Waals surface area contributed by atoms with Gasteiger partial charge in [0.1, 0.15) is 12.4 Å².